The van der Waals surface area contributed by atoms with Crippen molar-refractivity contribution in [3.05, 3.63) is 21.9 Å². The maximum absolute atomic E-state index is 12.4. The maximum Gasteiger partial charge on any atom is 0.263 e. The molecule has 21 heavy (non-hydrogen) atoms. The van der Waals surface area contributed by atoms with Gasteiger partial charge in [-0.05, 0) is 50.9 Å². The summed E-state index contributed by atoms with van der Waals surface area (Å²) < 4.78 is 0. The zero-order chi connectivity index (χ0) is 14.8. The van der Waals surface area contributed by atoms with Crippen LogP contribution in [0, 0.1) is 0 Å². The van der Waals surface area contributed by atoms with E-state index in [-0.39, 0.29) is 5.91 Å². The quantitative estimate of drug-likeness (QED) is 0.921. The lowest BCUT2D eigenvalue weighted by Gasteiger charge is -2.36. The number of hydrogen-bond acceptors (Lipinski definition) is 4. The Morgan fingerprint density at radius 3 is 2.24 bits per heavy atom. The van der Waals surface area contributed by atoms with Gasteiger partial charge in [0, 0.05) is 19.1 Å². The Balaban J connectivity index is 1.58. The van der Waals surface area contributed by atoms with Crippen molar-refractivity contribution in [2.45, 2.75) is 31.7 Å². The van der Waals surface area contributed by atoms with Crippen molar-refractivity contribution >= 4 is 23.2 Å². The molecule has 1 aromatic rings. The molecule has 0 saturated carbocycles. The van der Waals surface area contributed by atoms with E-state index in [1.54, 1.807) is 12.1 Å². The average molecular weight is 307 g/mol. The van der Waals surface area contributed by atoms with Crippen LogP contribution < -0.4 is 5.73 Å². The molecule has 2 aliphatic rings. The van der Waals surface area contributed by atoms with Crippen molar-refractivity contribution < 1.29 is 9.59 Å². The topological polar surface area (TPSA) is 66.6 Å². The maximum atomic E-state index is 12.4. The molecule has 114 valence electrons. The largest absolute Gasteiger partial charge is 0.365 e. The molecule has 0 aliphatic carbocycles. The molecule has 0 bridgehead atoms. The molecule has 0 spiro atoms. The molecule has 0 aromatic carbocycles. The summed E-state index contributed by atoms with van der Waals surface area (Å²) >= 11 is 1.19. The predicted octanol–water partition coefficient (Wildman–Crippen LogP) is 1.55. The molecule has 6 heteroatoms. The Kier molecular flexibility index (Phi) is 4.26. The summed E-state index contributed by atoms with van der Waals surface area (Å²) in [4.78, 5) is 29.1. The van der Waals surface area contributed by atoms with E-state index in [9.17, 15) is 9.59 Å². The van der Waals surface area contributed by atoms with Crippen LogP contribution in [0.5, 0.6) is 0 Å². The predicted molar refractivity (Wildman–Crippen MR) is 82.6 cm³/mol. The summed E-state index contributed by atoms with van der Waals surface area (Å²) in [6.45, 7) is 4.05. The minimum atomic E-state index is -0.466. The third-order valence-electron chi connectivity index (χ3n) is 4.47. The lowest BCUT2D eigenvalue weighted by atomic mass is 10.0. The highest BCUT2D eigenvalue weighted by Crippen LogP contribution is 2.24. The van der Waals surface area contributed by atoms with Gasteiger partial charge >= 0.3 is 0 Å². The zero-order valence-corrected chi connectivity index (χ0v) is 12.9. The summed E-state index contributed by atoms with van der Waals surface area (Å²) in [5.74, 6) is -0.431. The van der Waals surface area contributed by atoms with E-state index in [2.05, 4.69) is 4.90 Å². The second-order valence-electron chi connectivity index (χ2n) is 5.79. The zero-order valence-electron chi connectivity index (χ0n) is 12.1. The van der Waals surface area contributed by atoms with Gasteiger partial charge in [0.25, 0.3) is 11.8 Å². The van der Waals surface area contributed by atoms with E-state index >= 15 is 0 Å². The number of piperidine rings is 1. The SMILES string of the molecule is NC(=O)c1ccc(C(=O)N2CCC(N3CCCC3)CC2)s1. The second kappa shape index (κ2) is 6.15. The van der Waals surface area contributed by atoms with Crippen molar-refractivity contribution in [3.63, 3.8) is 0 Å². The van der Waals surface area contributed by atoms with Crippen molar-refractivity contribution in [2.75, 3.05) is 26.2 Å². The first-order valence-electron chi connectivity index (χ1n) is 7.58. The molecule has 2 fully saturated rings. The third kappa shape index (κ3) is 3.11. The van der Waals surface area contributed by atoms with E-state index < -0.39 is 5.91 Å². The molecule has 0 radical (unpaired) electrons. The molecule has 3 heterocycles. The van der Waals surface area contributed by atoms with Crippen LogP contribution in [-0.4, -0.2) is 53.8 Å². The van der Waals surface area contributed by atoms with E-state index in [1.165, 1.54) is 37.3 Å². The fraction of sp³-hybridized carbons (Fsp3) is 0.600. The summed E-state index contributed by atoms with van der Waals surface area (Å²) in [7, 11) is 0. The lowest BCUT2D eigenvalue weighted by Crippen LogP contribution is -2.45. The Morgan fingerprint density at radius 1 is 1.05 bits per heavy atom. The van der Waals surface area contributed by atoms with Gasteiger partial charge in [-0.1, -0.05) is 0 Å². The van der Waals surface area contributed by atoms with Gasteiger partial charge in [-0.25, -0.2) is 0 Å². The van der Waals surface area contributed by atoms with E-state index in [0.717, 1.165) is 25.9 Å². The van der Waals surface area contributed by atoms with Crippen molar-refractivity contribution in [1.82, 2.24) is 9.80 Å². The molecule has 2 saturated heterocycles. The summed E-state index contributed by atoms with van der Waals surface area (Å²) in [6, 6.07) is 3.98. The Bertz CT molecular complexity index is 529. The van der Waals surface area contributed by atoms with E-state index in [1.807, 2.05) is 4.90 Å². The van der Waals surface area contributed by atoms with Crippen LogP contribution in [0.4, 0.5) is 0 Å². The molecule has 1 aromatic heterocycles. The molecule has 5 nitrogen and oxygen atoms in total. The molecule has 2 N–H and O–H groups in total. The van der Waals surface area contributed by atoms with Gasteiger partial charge in [0.05, 0.1) is 9.75 Å². The summed E-state index contributed by atoms with van der Waals surface area (Å²) in [5.41, 5.74) is 5.23. The van der Waals surface area contributed by atoms with Gasteiger partial charge < -0.3 is 15.5 Å². The molecule has 3 rings (SSSR count). The minimum Gasteiger partial charge on any atom is -0.365 e. The average Bonchev–Trinajstić information content (AvgIpc) is 3.18. The molecule has 2 aliphatic heterocycles. The monoisotopic (exact) mass is 307 g/mol. The number of nitrogens with two attached hydrogens (primary N) is 1. The molecule has 2 amide bonds. The number of carbonyl (C=O) groups excluding carboxylic acids is 2. The van der Waals surface area contributed by atoms with Crippen molar-refractivity contribution in [3.8, 4) is 0 Å². The van der Waals surface area contributed by atoms with Crippen LogP contribution >= 0.6 is 11.3 Å². The minimum absolute atomic E-state index is 0.0346. The highest BCUT2D eigenvalue weighted by molar-refractivity contribution is 7.15. The number of rotatable bonds is 3. The normalized spacial score (nSPS) is 20.9. The molecule has 0 atom stereocenters. The number of hydrogen-bond donors (Lipinski definition) is 1. The third-order valence-corrected chi connectivity index (χ3v) is 5.56. The van der Waals surface area contributed by atoms with Gasteiger partial charge in [-0.3, -0.25) is 9.59 Å². The standard InChI is InChI=1S/C15H21N3O2S/c16-14(19)12-3-4-13(21-12)15(20)18-9-5-11(6-10-18)17-7-1-2-8-17/h3-4,11H,1-2,5-10H2,(H2,16,19). The Labute approximate surface area is 128 Å². The summed E-state index contributed by atoms with van der Waals surface area (Å²) in [6.07, 6.45) is 4.73. The van der Waals surface area contributed by atoms with Gasteiger partial charge in [0.15, 0.2) is 0 Å². The number of carbonyl (C=O) groups is 2. The molecule has 0 unspecified atom stereocenters. The molecular formula is C15H21N3O2S. The summed E-state index contributed by atoms with van der Waals surface area (Å²) in [5, 5.41) is 0. The van der Waals surface area contributed by atoms with Crippen LogP contribution in [0.3, 0.4) is 0 Å². The first-order valence-corrected chi connectivity index (χ1v) is 8.40. The van der Waals surface area contributed by atoms with Gasteiger partial charge in [-0.2, -0.15) is 0 Å². The molecular weight excluding hydrogens is 286 g/mol. The number of thiophene rings is 1. The van der Waals surface area contributed by atoms with Crippen LogP contribution in [0.25, 0.3) is 0 Å². The van der Waals surface area contributed by atoms with Crippen molar-refractivity contribution in [1.29, 1.82) is 0 Å². The lowest BCUT2D eigenvalue weighted by molar-refractivity contribution is 0.0649. The van der Waals surface area contributed by atoms with E-state index in [4.69, 9.17) is 5.73 Å². The van der Waals surface area contributed by atoms with Gasteiger partial charge in [0.2, 0.25) is 0 Å². The van der Waals surface area contributed by atoms with E-state index in [0.29, 0.717) is 15.8 Å². The van der Waals surface area contributed by atoms with Crippen LogP contribution in [0.2, 0.25) is 0 Å². The Morgan fingerprint density at radius 2 is 1.67 bits per heavy atom. The Hall–Kier alpha value is -1.40. The smallest absolute Gasteiger partial charge is 0.263 e. The number of primary amides is 1. The van der Waals surface area contributed by atoms with Crippen LogP contribution in [0.15, 0.2) is 12.1 Å². The first-order chi connectivity index (χ1) is 10.1. The second-order valence-corrected chi connectivity index (χ2v) is 6.88. The van der Waals surface area contributed by atoms with Gasteiger partial charge in [0.1, 0.15) is 0 Å². The first kappa shape index (κ1) is 14.5. The number of amides is 2. The van der Waals surface area contributed by atoms with Crippen LogP contribution in [-0.2, 0) is 0 Å². The number of likely N-dealkylation sites (tertiary alicyclic amines) is 2. The number of nitrogens with zero attached hydrogens (tertiary/aromatic N) is 2. The fourth-order valence-corrected chi connectivity index (χ4v) is 4.11. The van der Waals surface area contributed by atoms with Crippen molar-refractivity contribution in [2.24, 2.45) is 5.73 Å². The van der Waals surface area contributed by atoms with Gasteiger partial charge in [-0.15, -0.1) is 11.3 Å². The highest BCUT2D eigenvalue weighted by Gasteiger charge is 2.29. The fourth-order valence-electron chi connectivity index (χ4n) is 3.28. The van der Waals surface area contributed by atoms with Crippen LogP contribution in [0.1, 0.15) is 45.0 Å². The highest BCUT2D eigenvalue weighted by atomic mass is 32.1.